The Balaban J connectivity index is 1.39. The highest BCUT2D eigenvalue weighted by atomic mass is 16.1. The van der Waals surface area contributed by atoms with Crippen LogP contribution in [0.3, 0.4) is 0 Å². The summed E-state index contributed by atoms with van der Waals surface area (Å²) in [6, 6.07) is 18.9. The third-order valence-corrected chi connectivity index (χ3v) is 5.00. The van der Waals surface area contributed by atoms with E-state index in [1.165, 1.54) is 31.4 Å². The Bertz CT molecular complexity index is 690. The van der Waals surface area contributed by atoms with E-state index in [-0.39, 0.29) is 5.78 Å². The Labute approximate surface area is 137 Å². The molecule has 23 heavy (non-hydrogen) atoms. The van der Waals surface area contributed by atoms with Gasteiger partial charge in [-0.25, -0.2) is 0 Å². The molecule has 0 saturated heterocycles. The number of Topliss-reactive ketones (excluding diaryl/α,β-unsaturated/α-hetero) is 1. The maximum absolute atomic E-state index is 12.5. The van der Waals surface area contributed by atoms with Gasteiger partial charge in [-0.05, 0) is 48.9 Å². The minimum Gasteiger partial charge on any atom is -0.313 e. The Morgan fingerprint density at radius 2 is 1.87 bits per heavy atom. The smallest absolute Gasteiger partial charge is 0.167 e. The van der Waals surface area contributed by atoms with E-state index in [0.29, 0.717) is 18.4 Å². The van der Waals surface area contributed by atoms with E-state index in [0.717, 1.165) is 17.0 Å². The van der Waals surface area contributed by atoms with Crippen molar-refractivity contribution < 1.29 is 4.79 Å². The molecule has 0 spiro atoms. The molecular formula is C21H23NO. The van der Waals surface area contributed by atoms with Gasteiger partial charge in [0.05, 0.1) is 0 Å². The van der Waals surface area contributed by atoms with Gasteiger partial charge in [0.1, 0.15) is 0 Å². The monoisotopic (exact) mass is 305 g/mol. The molecule has 2 fully saturated rings. The van der Waals surface area contributed by atoms with Crippen molar-refractivity contribution in [2.45, 2.75) is 37.6 Å². The van der Waals surface area contributed by atoms with E-state index in [1.54, 1.807) is 0 Å². The van der Waals surface area contributed by atoms with Crippen LogP contribution < -0.4 is 5.32 Å². The zero-order chi connectivity index (χ0) is 15.6. The predicted octanol–water partition coefficient (Wildman–Crippen LogP) is 3.97. The number of nitrogens with one attached hydrogen (secondary N) is 1. The molecule has 0 bridgehead atoms. The van der Waals surface area contributed by atoms with Crippen LogP contribution in [0.1, 0.15) is 46.7 Å². The third-order valence-electron chi connectivity index (χ3n) is 5.00. The van der Waals surface area contributed by atoms with E-state index in [9.17, 15) is 4.79 Å². The summed E-state index contributed by atoms with van der Waals surface area (Å²) >= 11 is 0. The molecule has 2 nitrogen and oxygen atoms in total. The molecule has 2 unspecified atom stereocenters. The molecule has 1 N–H and O–H groups in total. The van der Waals surface area contributed by atoms with E-state index < -0.39 is 0 Å². The van der Waals surface area contributed by atoms with Crippen molar-refractivity contribution in [3.8, 4) is 0 Å². The summed E-state index contributed by atoms with van der Waals surface area (Å²) in [6.07, 6.45) is 4.49. The highest BCUT2D eigenvalue weighted by molar-refractivity contribution is 5.97. The van der Waals surface area contributed by atoms with Gasteiger partial charge in [0.15, 0.2) is 5.78 Å². The first-order chi connectivity index (χ1) is 11.3. The fraction of sp³-hybridized carbons (Fsp3) is 0.381. The second-order valence-corrected chi connectivity index (χ2v) is 7.01. The number of hydrogen-bond acceptors (Lipinski definition) is 2. The van der Waals surface area contributed by atoms with Gasteiger partial charge in [0.2, 0.25) is 0 Å². The lowest BCUT2D eigenvalue weighted by atomic mass is 10.00. The molecule has 0 aliphatic heterocycles. The van der Waals surface area contributed by atoms with Crippen LogP contribution in [0.4, 0.5) is 0 Å². The second-order valence-electron chi connectivity index (χ2n) is 7.01. The number of carbonyl (C=O) groups is 1. The van der Waals surface area contributed by atoms with Crippen molar-refractivity contribution in [3.05, 3.63) is 71.3 Å². The van der Waals surface area contributed by atoms with Gasteiger partial charge in [-0.15, -0.1) is 0 Å². The Morgan fingerprint density at radius 3 is 2.65 bits per heavy atom. The highest BCUT2D eigenvalue weighted by Crippen LogP contribution is 2.41. The molecule has 0 aromatic heterocycles. The number of carbonyl (C=O) groups excluding carboxylic acids is 1. The van der Waals surface area contributed by atoms with Crippen LogP contribution in [-0.2, 0) is 6.42 Å². The fourth-order valence-electron chi connectivity index (χ4n) is 3.26. The molecule has 0 heterocycles. The normalized spacial score (nSPS) is 22.8. The number of ketones is 1. The molecule has 2 saturated carbocycles. The second kappa shape index (κ2) is 6.29. The van der Waals surface area contributed by atoms with Gasteiger partial charge >= 0.3 is 0 Å². The fourth-order valence-corrected chi connectivity index (χ4v) is 3.26. The third kappa shape index (κ3) is 3.70. The van der Waals surface area contributed by atoms with Gasteiger partial charge in [0, 0.05) is 23.9 Å². The van der Waals surface area contributed by atoms with Crippen molar-refractivity contribution in [1.82, 2.24) is 5.32 Å². The van der Waals surface area contributed by atoms with Crippen LogP contribution in [0.25, 0.3) is 0 Å². The van der Waals surface area contributed by atoms with E-state index >= 15 is 0 Å². The van der Waals surface area contributed by atoms with Gasteiger partial charge < -0.3 is 5.32 Å². The van der Waals surface area contributed by atoms with Gasteiger partial charge in [-0.2, -0.15) is 0 Å². The maximum atomic E-state index is 12.5. The van der Waals surface area contributed by atoms with Gasteiger partial charge in [-0.3, -0.25) is 4.79 Å². The molecule has 2 aliphatic carbocycles. The molecule has 2 atom stereocenters. The van der Waals surface area contributed by atoms with Crippen LogP contribution in [0.15, 0.2) is 54.6 Å². The summed E-state index contributed by atoms with van der Waals surface area (Å²) in [5.74, 6) is 1.73. The molecule has 2 heteroatoms. The van der Waals surface area contributed by atoms with Crippen molar-refractivity contribution >= 4 is 5.78 Å². The van der Waals surface area contributed by atoms with Crippen LogP contribution in [0.2, 0.25) is 0 Å². The average molecular weight is 305 g/mol. The molecule has 118 valence electrons. The van der Waals surface area contributed by atoms with Crippen molar-refractivity contribution in [2.24, 2.45) is 5.92 Å². The molecule has 0 radical (unpaired) electrons. The quantitative estimate of drug-likeness (QED) is 0.784. The zero-order valence-electron chi connectivity index (χ0n) is 13.4. The molecule has 2 aromatic rings. The van der Waals surface area contributed by atoms with E-state index in [4.69, 9.17) is 0 Å². The Hall–Kier alpha value is -1.93. The van der Waals surface area contributed by atoms with Gasteiger partial charge in [0.25, 0.3) is 0 Å². The van der Waals surface area contributed by atoms with Crippen LogP contribution in [0.5, 0.6) is 0 Å². The first kappa shape index (κ1) is 14.6. The number of rotatable bonds is 7. The lowest BCUT2D eigenvalue weighted by molar-refractivity contribution is 0.0993. The number of hydrogen-bond donors (Lipinski definition) is 1. The maximum Gasteiger partial charge on any atom is 0.167 e. The predicted molar refractivity (Wildman–Crippen MR) is 92.8 cm³/mol. The van der Waals surface area contributed by atoms with Crippen LogP contribution >= 0.6 is 0 Å². The molecule has 2 aromatic carbocycles. The lowest BCUT2D eigenvalue weighted by Gasteiger charge is -2.06. The minimum atomic E-state index is 0.209. The van der Waals surface area contributed by atoms with Crippen LogP contribution in [-0.4, -0.2) is 18.4 Å². The van der Waals surface area contributed by atoms with Crippen molar-refractivity contribution in [3.63, 3.8) is 0 Å². The minimum absolute atomic E-state index is 0.209. The molecule has 4 rings (SSSR count). The summed E-state index contributed by atoms with van der Waals surface area (Å²) in [5.41, 5.74) is 3.25. The summed E-state index contributed by atoms with van der Waals surface area (Å²) in [5, 5.41) is 3.67. The molecule has 2 aliphatic rings. The Morgan fingerprint density at radius 1 is 1.04 bits per heavy atom. The summed E-state index contributed by atoms with van der Waals surface area (Å²) in [6.45, 7) is 1.17. The average Bonchev–Trinajstić information content (AvgIpc) is 3.48. The molecular weight excluding hydrogens is 282 g/mol. The van der Waals surface area contributed by atoms with E-state index in [2.05, 4.69) is 17.4 Å². The van der Waals surface area contributed by atoms with Crippen molar-refractivity contribution in [2.75, 3.05) is 6.54 Å². The van der Waals surface area contributed by atoms with Crippen LogP contribution in [0, 0.1) is 5.92 Å². The largest absolute Gasteiger partial charge is 0.313 e. The summed E-state index contributed by atoms with van der Waals surface area (Å²) in [7, 11) is 0. The van der Waals surface area contributed by atoms with E-state index in [1.807, 2.05) is 42.5 Å². The summed E-state index contributed by atoms with van der Waals surface area (Å²) in [4.78, 5) is 12.5. The first-order valence-electron chi connectivity index (χ1n) is 8.70. The lowest BCUT2D eigenvalue weighted by Crippen LogP contribution is -2.20. The zero-order valence-corrected chi connectivity index (χ0v) is 13.4. The Kier molecular flexibility index (Phi) is 4.00. The summed E-state index contributed by atoms with van der Waals surface area (Å²) < 4.78 is 0. The van der Waals surface area contributed by atoms with Gasteiger partial charge in [-0.1, -0.05) is 48.5 Å². The van der Waals surface area contributed by atoms with Crippen molar-refractivity contribution in [1.29, 1.82) is 0 Å². The molecule has 0 amide bonds. The topological polar surface area (TPSA) is 29.1 Å². The standard InChI is InChI=1S/C21H23NO/c23-21(11-15-5-2-1-3-6-15)18-8-4-7-17(12-18)19-13-20(19)22-14-16-9-10-16/h1-8,12,16,19-20,22H,9-11,13-14H2. The SMILES string of the molecule is O=C(Cc1ccccc1)c1cccc(C2CC2NCC2CC2)c1. The first-order valence-corrected chi connectivity index (χ1v) is 8.70. The highest BCUT2D eigenvalue weighted by Gasteiger charge is 2.39. The number of benzene rings is 2.